The third kappa shape index (κ3) is 3.48. The summed E-state index contributed by atoms with van der Waals surface area (Å²) >= 11 is 1.51. The number of nitrogens with zero attached hydrogens (tertiary/aromatic N) is 1. The van der Waals surface area contributed by atoms with Crippen molar-refractivity contribution in [1.29, 1.82) is 0 Å². The summed E-state index contributed by atoms with van der Waals surface area (Å²) in [6, 6.07) is 15.6. The minimum Gasteiger partial charge on any atom is -0.482 e. The summed E-state index contributed by atoms with van der Waals surface area (Å²) < 4.78 is 5.61. The number of hydrogen-bond donors (Lipinski definition) is 1. The number of carbonyl (C=O) groups excluding carboxylic acids is 1. The first-order valence-electron chi connectivity index (χ1n) is 8.87. The number of aryl methyl sites for hydroxylation is 2. The van der Waals surface area contributed by atoms with E-state index in [4.69, 9.17) is 4.74 Å². The highest BCUT2D eigenvalue weighted by Crippen LogP contribution is 2.37. The summed E-state index contributed by atoms with van der Waals surface area (Å²) in [5, 5.41) is 12.6. The van der Waals surface area contributed by atoms with Crippen LogP contribution in [0.5, 0.6) is 5.75 Å². The van der Waals surface area contributed by atoms with Gasteiger partial charge in [0.05, 0.1) is 12.2 Å². The molecule has 138 valence electrons. The molecule has 0 radical (unpaired) electrons. The normalized spacial score (nSPS) is 14.6. The van der Waals surface area contributed by atoms with Gasteiger partial charge in [-0.1, -0.05) is 35.9 Å². The topological polar surface area (TPSA) is 49.8 Å². The fraction of sp³-hybridized carbons (Fsp3) is 0.227. The van der Waals surface area contributed by atoms with Crippen LogP contribution in [0.15, 0.2) is 53.9 Å². The fourth-order valence-electron chi connectivity index (χ4n) is 3.31. The summed E-state index contributed by atoms with van der Waals surface area (Å²) in [4.78, 5) is 15.2. The van der Waals surface area contributed by atoms with Gasteiger partial charge in [-0.05, 0) is 54.1 Å². The molecule has 0 fully saturated rings. The van der Waals surface area contributed by atoms with Crippen LogP contribution in [-0.4, -0.2) is 17.6 Å². The minimum absolute atomic E-state index is 0.0324. The molecule has 1 aliphatic rings. The van der Waals surface area contributed by atoms with Crippen LogP contribution in [0.1, 0.15) is 33.2 Å². The molecule has 1 amide bonds. The monoisotopic (exact) mass is 379 g/mol. The van der Waals surface area contributed by atoms with Gasteiger partial charge in [-0.2, -0.15) is 0 Å². The summed E-state index contributed by atoms with van der Waals surface area (Å²) in [7, 11) is 0. The van der Waals surface area contributed by atoms with E-state index < -0.39 is 6.10 Å². The van der Waals surface area contributed by atoms with E-state index in [0.29, 0.717) is 18.0 Å². The van der Waals surface area contributed by atoms with E-state index in [0.717, 1.165) is 21.6 Å². The first-order chi connectivity index (χ1) is 13.0. The first kappa shape index (κ1) is 17.8. The lowest BCUT2D eigenvalue weighted by molar-refractivity contribution is -0.121. The van der Waals surface area contributed by atoms with Gasteiger partial charge in [-0.15, -0.1) is 11.3 Å². The number of aliphatic hydroxyl groups is 1. The largest absolute Gasteiger partial charge is 0.482 e. The average molecular weight is 379 g/mol. The molecule has 0 bridgehead atoms. The molecular weight excluding hydrogens is 358 g/mol. The van der Waals surface area contributed by atoms with Crippen LogP contribution in [0.4, 0.5) is 5.69 Å². The lowest BCUT2D eigenvalue weighted by Crippen LogP contribution is -2.38. The Balaban J connectivity index is 1.71. The van der Waals surface area contributed by atoms with Crippen LogP contribution in [0.3, 0.4) is 0 Å². The Hall–Kier alpha value is -2.63. The zero-order valence-corrected chi connectivity index (χ0v) is 16.1. The number of thiophene rings is 1. The molecule has 1 aliphatic heterocycles. The molecule has 2 heterocycles. The van der Waals surface area contributed by atoms with E-state index in [9.17, 15) is 9.90 Å². The van der Waals surface area contributed by atoms with Crippen LogP contribution < -0.4 is 9.64 Å². The maximum Gasteiger partial charge on any atom is 0.265 e. The Kier molecular flexibility index (Phi) is 4.72. The maximum atomic E-state index is 12.6. The molecule has 3 aromatic rings. The molecule has 0 saturated carbocycles. The lowest BCUT2D eigenvalue weighted by atomic mass is 10.0. The van der Waals surface area contributed by atoms with Crippen LogP contribution in [0.2, 0.25) is 0 Å². The number of amides is 1. The molecule has 1 unspecified atom stereocenters. The molecule has 1 atom stereocenters. The Morgan fingerprint density at radius 2 is 2.04 bits per heavy atom. The summed E-state index contributed by atoms with van der Waals surface area (Å²) in [5.41, 5.74) is 4.88. The van der Waals surface area contributed by atoms with Crippen molar-refractivity contribution >= 4 is 22.9 Å². The second-order valence-electron chi connectivity index (χ2n) is 6.84. The lowest BCUT2D eigenvalue weighted by Gasteiger charge is -2.30. The standard InChI is InChI=1S/C22H21NO3S/c1-14-5-6-15(2)17(10-14)12-23-18-11-16(22(25)20-4-3-9-27-20)7-8-19(18)26-13-21(23)24/h3-11,22,25H,12-13H2,1-2H3. The number of aliphatic hydroxyl groups excluding tert-OH is 1. The van der Waals surface area contributed by atoms with Crippen LogP contribution in [0, 0.1) is 13.8 Å². The highest BCUT2D eigenvalue weighted by Gasteiger charge is 2.27. The number of rotatable bonds is 4. The molecule has 0 saturated heterocycles. The molecule has 0 aliphatic carbocycles. The second-order valence-corrected chi connectivity index (χ2v) is 7.82. The number of anilines is 1. The zero-order chi connectivity index (χ0) is 19.0. The van der Waals surface area contributed by atoms with Crippen LogP contribution in [0.25, 0.3) is 0 Å². The molecule has 0 spiro atoms. The van der Waals surface area contributed by atoms with Gasteiger partial charge in [0.1, 0.15) is 11.9 Å². The maximum absolute atomic E-state index is 12.6. The Bertz CT molecular complexity index is 981. The van der Waals surface area contributed by atoms with E-state index in [1.54, 1.807) is 4.90 Å². The Labute approximate surface area is 162 Å². The van der Waals surface area contributed by atoms with Crippen LogP contribution >= 0.6 is 11.3 Å². The third-order valence-electron chi connectivity index (χ3n) is 4.89. The molecule has 4 nitrogen and oxygen atoms in total. The highest BCUT2D eigenvalue weighted by molar-refractivity contribution is 7.10. The summed E-state index contributed by atoms with van der Waals surface area (Å²) in [6.45, 7) is 4.62. The molecule has 2 aromatic carbocycles. The molecule has 1 aromatic heterocycles. The highest BCUT2D eigenvalue weighted by atomic mass is 32.1. The van der Waals surface area contributed by atoms with Crippen molar-refractivity contribution in [3.63, 3.8) is 0 Å². The summed E-state index contributed by atoms with van der Waals surface area (Å²) in [6.07, 6.45) is -0.713. The summed E-state index contributed by atoms with van der Waals surface area (Å²) in [5.74, 6) is 0.591. The van der Waals surface area contributed by atoms with Crippen molar-refractivity contribution in [2.75, 3.05) is 11.5 Å². The molecule has 5 heteroatoms. The van der Waals surface area contributed by atoms with Crippen molar-refractivity contribution in [3.05, 3.63) is 81.0 Å². The molecule has 27 heavy (non-hydrogen) atoms. The van der Waals surface area contributed by atoms with E-state index >= 15 is 0 Å². The van der Waals surface area contributed by atoms with E-state index in [1.807, 2.05) is 42.6 Å². The molecule has 1 N–H and O–H groups in total. The van der Waals surface area contributed by atoms with Gasteiger partial charge in [0.15, 0.2) is 6.61 Å². The first-order valence-corrected chi connectivity index (χ1v) is 9.75. The van der Waals surface area contributed by atoms with Crippen molar-refractivity contribution in [3.8, 4) is 5.75 Å². The second kappa shape index (κ2) is 7.18. The SMILES string of the molecule is Cc1ccc(C)c(CN2C(=O)COc3ccc(C(O)c4cccs4)cc32)c1. The van der Waals surface area contributed by atoms with Gasteiger partial charge in [-0.3, -0.25) is 4.79 Å². The van der Waals surface area contributed by atoms with Gasteiger partial charge in [0, 0.05) is 4.88 Å². The predicted octanol–water partition coefficient (Wildman–Crippen LogP) is 4.37. The number of ether oxygens (including phenoxy) is 1. The molecule has 4 rings (SSSR count). The number of fused-ring (bicyclic) bond motifs is 1. The van der Waals surface area contributed by atoms with Crippen LogP contribution in [-0.2, 0) is 11.3 Å². The average Bonchev–Trinajstić information content (AvgIpc) is 3.20. The molecular formula is C22H21NO3S. The number of carbonyl (C=O) groups is 1. The van der Waals surface area contributed by atoms with Crippen molar-refractivity contribution in [2.24, 2.45) is 0 Å². The predicted molar refractivity (Wildman–Crippen MR) is 107 cm³/mol. The Morgan fingerprint density at radius 3 is 2.81 bits per heavy atom. The Morgan fingerprint density at radius 1 is 1.19 bits per heavy atom. The van der Waals surface area contributed by atoms with Gasteiger partial charge in [0.25, 0.3) is 5.91 Å². The minimum atomic E-state index is -0.713. The fourth-order valence-corrected chi connectivity index (χ4v) is 4.05. The van der Waals surface area contributed by atoms with Gasteiger partial charge < -0.3 is 14.7 Å². The van der Waals surface area contributed by atoms with Crippen molar-refractivity contribution < 1.29 is 14.6 Å². The van der Waals surface area contributed by atoms with Crippen molar-refractivity contribution in [1.82, 2.24) is 0 Å². The quantitative estimate of drug-likeness (QED) is 0.732. The third-order valence-corrected chi connectivity index (χ3v) is 5.81. The van der Waals surface area contributed by atoms with Gasteiger partial charge in [-0.25, -0.2) is 0 Å². The van der Waals surface area contributed by atoms with E-state index in [1.165, 1.54) is 16.9 Å². The van der Waals surface area contributed by atoms with Gasteiger partial charge in [0.2, 0.25) is 0 Å². The zero-order valence-electron chi connectivity index (χ0n) is 15.3. The smallest absolute Gasteiger partial charge is 0.265 e. The van der Waals surface area contributed by atoms with Crippen molar-refractivity contribution in [2.45, 2.75) is 26.5 Å². The van der Waals surface area contributed by atoms with E-state index in [-0.39, 0.29) is 12.5 Å². The number of benzene rings is 2. The van der Waals surface area contributed by atoms with E-state index in [2.05, 4.69) is 25.1 Å². The number of hydrogen-bond acceptors (Lipinski definition) is 4. The van der Waals surface area contributed by atoms with Gasteiger partial charge >= 0.3 is 0 Å².